The number of oxazole rings is 2. The zero-order valence-electron chi connectivity index (χ0n) is 13.2. The molecule has 0 spiro atoms. The number of hydrogen-bond acceptors (Lipinski definition) is 4. The maximum atomic E-state index is 13.3. The molecule has 26 heavy (non-hydrogen) atoms. The van der Waals surface area contributed by atoms with Crippen molar-refractivity contribution in [3.8, 4) is 22.9 Å². The SMILES string of the molecule is Fc1ccc2oc(-c3ccc(-c4nc5cc(F)ccc5o4)cc3)nc2c1. The molecule has 0 aliphatic rings. The maximum absolute atomic E-state index is 13.3. The van der Waals surface area contributed by atoms with Gasteiger partial charge in [-0.3, -0.25) is 0 Å². The quantitative estimate of drug-likeness (QED) is 0.418. The molecule has 126 valence electrons. The van der Waals surface area contributed by atoms with Crippen molar-refractivity contribution >= 4 is 22.2 Å². The normalized spacial score (nSPS) is 11.5. The van der Waals surface area contributed by atoms with E-state index in [0.29, 0.717) is 34.0 Å². The van der Waals surface area contributed by atoms with Gasteiger partial charge in [-0.15, -0.1) is 0 Å². The van der Waals surface area contributed by atoms with Crippen LogP contribution in [0.3, 0.4) is 0 Å². The monoisotopic (exact) mass is 348 g/mol. The minimum absolute atomic E-state index is 0.361. The van der Waals surface area contributed by atoms with Gasteiger partial charge >= 0.3 is 0 Å². The van der Waals surface area contributed by atoms with Gasteiger partial charge in [-0.25, -0.2) is 18.7 Å². The molecule has 0 unspecified atom stereocenters. The molecule has 0 N–H and O–H groups in total. The maximum Gasteiger partial charge on any atom is 0.227 e. The van der Waals surface area contributed by atoms with Gasteiger partial charge in [0, 0.05) is 23.3 Å². The summed E-state index contributed by atoms with van der Waals surface area (Å²) in [5.74, 6) is 0.0776. The zero-order chi connectivity index (χ0) is 17.7. The van der Waals surface area contributed by atoms with Crippen LogP contribution in [-0.2, 0) is 0 Å². The number of benzene rings is 3. The third-order valence-electron chi connectivity index (χ3n) is 4.08. The smallest absolute Gasteiger partial charge is 0.227 e. The van der Waals surface area contributed by atoms with Gasteiger partial charge in [0.1, 0.15) is 22.7 Å². The molecule has 3 aromatic carbocycles. The highest BCUT2D eigenvalue weighted by molar-refractivity contribution is 5.78. The topological polar surface area (TPSA) is 52.1 Å². The predicted octanol–water partition coefficient (Wildman–Crippen LogP) is 5.58. The molecule has 6 heteroatoms. The molecule has 0 fully saturated rings. The van der Waals surface area contributed by atoms with Gasteiger partial charge in [-0.05, 0) is 48.5 Å². The van der Waals surface area contributed by atoms with Gasteiger partial charge in [-0.1, -0.05) is 0 Å². The molecule has 5 aromatic rings. The summed E-state index contributed by atoms with van der Waals surface area (Å²) in [5.41, 5.74) is 3.45. The minimum Gasteiger partial charge on any atom is -0.436 e. The highest BCUT2D eigenvalue weighted by atomic mass is 19.1. The van der Waals surface area contributed by atoms with E-state index in [0.717, 1.165) is 11.1 Å². The fourth-order valence-corrected chi connectivity index (χ4v) is 2.80. The van der Waals surface area contributed by atoms with Gasteiger partial charge in [0.25, 0.3) is 0 Å². The number of halogens is 2. The third-order valence-corrected chi connectivity index (χ3v) is 4.08. The molecule has 0 saturated heterocycles. The number of fused-ring (bicyclic) bond motifs is 2. The lowest BCUT2D eigenvalue weighted by Gasteiger charge is -1.97. The van der Waals surface area contributed by atoms with Crippen LogP contribution in [0.5, 0.6) is 0 Å². The molecule has 2 heterocycles. The Morgan fingerprint density at radius 2 is 1.00 bits per heavy atom. The van der Waals surface area contributed by atoms with E-state index in [2.05, 4.69) is 9.97 Å². The minimum atomic E-state index is -0.361. The highest BCUT2D eigenvalue weighted by Crippen LogP contribution is 2.29. The summed E-state index contributed by atoms with van der Waals surface area (Å²) in [6.07, 6.45) is 0. The standard InChI is InChI=1S/C20H10F2N2O2/c21-13-5-7-17-15(9-13)23-19(25-17)11-1-2-12(4-3-11)20-24-16-10-14(22)6-8-18(16)26-20/h1-10H. The van der Waals surface area contributed by atoms with Crippen LogP contribution in [0, 0.1) is 11.6 Å². The molecule has 5 rings (SSSR count). The summed E-state index contributed by atoms with van der Waals surface area (Å²) < 4.78 is 37.9. The van der Waals surface area contributed by atoms with Crippen molar-refractivity contribution < 1.29 is 17.6 Å². The summed E-state index contributed by atoms with van der Waals surface area (Å²) in [4.78, 5) is 8.61. The van der Waals surface area contributed by atoms with E-state index in [1.54, 1.807) is 12.1 Å². The second-order valence-electron chi connectivity index (χ2n) is 5.84. The van der Waals surface area contributed by atoms with E-state index >= 15 is 0 Å². The molecule has 0 amide bonds. The summed E-state index contributed by atoms with van der Waals surface area (Å²) >= 11 is 0. The zero-order valence-corrected chi connectivity index (χ0v) is 13.2. The first-order chi connectivity index (χ1) is 12.7. The molecule has 0 radical (unpaired) electrons. The Bertz CT molecular complexity index is 1160. The molecule has 0 saturated carbocycles. The average molecular weight is 348 g/mol. The van der Waals surface area contributed by atoms with Crippen LogP contribution in [0.1, 0.15) is 0 Å². The van der Waals surface area contributed by atoms with Gasteiger partial charge < -0.3 is 8.83 Å². The Labute approximate surface area is 145 Å². The van der Waals surface area contributed by atoms with E-state index in [4.69, 9.17) is 8.83 Å². The van der Waals surface area contributed by atoms with E-state index in [1.807, 2.05) is 24.3 Å². The second-order valence-corrected chi connectivity index (χ2v) is 5.84. The van der Waals surface area contributed by atoms with Crippen molar-refractivity contribution in [2.24, 2.45) is 0 Å². The van der Waals surface area contributed by atoms with Gasteiger partial charge in [0.05, 0.1) is 0 Å². The molecule has 0 atom stereocenters. The van der Waals surface area contributed by atoms with Crippen LogP contribution in [-0.4, -0.2) is 9.97 Å². The average Bonchev–Trinajstić information content (AvgIpc) is 3.25. The molecule has 0 bridgehead atoms. The van der Waals surface area contributed by atoms with Crippen LogP contribution in [0.4, 0.5) is 8.78 Å². The molecule has 0 aliphatic carbocycles. The number of hydrogen-bond donors (Lipinski definition) is 0. The van der Waals surface area contributed by atoms with Crippen LogP contribution >= 0.6 is 0 Å². The highest BCUT2D eigenvalue weighted by Gasteiger charge is 2.12. The van der Waals surface area contributed by atoms with Crippen molar-refractivity contribution in [3.63, 3.8) is 0 Å². The first kappa shape index (κ1) is 14.8. The molecule has 2 aromatic heterocycles. The van der Waals surface area contributed by atoms with Crippen LogP contribution in [0.15, 0.2) is 69.5 Å². The van der Waals surface area contributed by atoms with Gasteiger partial charge in [0.15, 0.2) is 11.2 Å². The van der Waals surface area contributed by atoms with Gasteiger partial charge in [-0.2, -0.15) is 0 Å². The van der Waals surface area contributed by atoms with Gasteiger partial charge in [0.2, 0.25) is 11.8 Å². The Morgan fingerprint density at radius 1 is 0.577 bits per heavy atom. The first-order valence-electron chi connectivity index (χ1n) is 7.89. The lowest BCUT2D eigenvalue weighted by molar-refractivity contribution is 0.612. The number of nitrogens with zero attached hydrogens (tertiary/aromatic N) is 2. The third kappa shape index (κ3) is 2.43. The molecular formula is C20H10F2N2O2. The lowest BCUT2D eigenvalue weighted by atomic mass is 10.1. The molecular weight excluding hydrogens is 338 g/mol. The number of aromatic nitrogens is 2. The largest absolute Gasteiger partial charge is 0.436 e. The van der Waals surface area contributed by atoms with E-state index in [1.165, 1.54) is 24.3 Å². The van der Waals surface area contributed by atoms with Crippen LogP contribution in [0.25, 0.3) is 45.1 Å². The first-order valence-corrected chi connectivity index (χ1v) is 7.89. The van der Waals surface area contributed by atoms with E-state index in [9.17, 15) is 8.78 Å². The van der Waals surface area contributed by atoms with Crippen LogP contribution < -0.4 is 0 Å². The molecule has 4 nitrogen and oxygen atoms in total. The van der Waals surface area contributed by atoms with Crippen LogP contribution in [0.2, 0.25) is 0 Å². The fourth-order valence-electron chi connectivity index (χ4n) is 2.80. The Hall–Kier alpha value is -3.54. The predicted molar refractivity (Wildman–Crippen MR) is 92.4 cm³/mol. The summed E-state index contributed by atoms with van der Waals surface area (Å²) in [7, 11) is 0. The summed E-state index contributed by atoms with van der Waals surface area (Å²) in [6.45, 7) is 0. The molecule has 0 aliphatic heterocycles. The summed E-state index contributed by atoms with van der Waals surface area (Å²) in [5, 5.41) is 0. The van der Waals surface area contributed by atoms with Crippen molar-refractivity contribution in [3.05, 3.63) is 72.3 Å². The van der Waals surface area contributed by atoms with Crippen molar-refractivity contribution in [1.29, 1.82) is 0 Å². The lowest BCUT2D eigenvalue weighted by Crippen LogP contribution is -1.80. The Balaban J connectivity index is 1.52. The summed E-state index contributed by atoms with van der Waals surface area (Å²) in [6, 6.07) is 15.7. The second kappa shape index (κ2) is 5.49. The Morgan fingerprint density at radius 3 is 1.42 bits per heavy atom. The van der Waals surface area contributed by atoms with E-state index in [-0.39, 0.29) is 11.6 Å². The van der Waals surface area contributed by atoms with Crippen molar-refractivity contribution in [2.45, 2.75) is 0 Å². The van der Waals surface area contributed by atoms with E-state index < -0.39 is 0 Å². The Kier molecular flexibility index (Phi) is 3.12. The van der Waals surface area contributed by atoms with Crippen molar-refractivity contribution in [1.82, 2.24) is 9.97 Å². The number of rotatable bonds is 2. The van der Waals surface area contributed by atoms with Crippen molar-refractivity contribution in [2.75, 3.05) is 0 Å². The fraction of sp³-hybridized carbons (Fsp3) is 0.